The van der Waals surface area contributed by atoms with Crippen LogP contribution in [0.5, 0.6) is 0 Å². The molecular weight excluding hydrogens is 316 g/mol. The number of ether oxygens (including phenoxy) is 1. The molecule has 25 heavy (non-hydrogen) atoms. The van der Waals surface area contributed by atoms with E-state index >= 15 is 0 Å². The molecule has 1 saturated carbocycles. The van der Waals surface area contributed by atoms with Crippen LogP contribution in [0, 0.1) is 5.41 Å². The van der Waals surface area contributed by atoms with Crippen molar-refractivity contribution in [3.8, 4) is 0 Å². The molecule has 0 bridgehead atoms. The minimum atomic E-state index is -0.287. The van der Waals surface area contributed by atoms with Crippen LogP contribution in [0.3, 0.4) is 0 Å². The molecule has 1 N–H and O–H groups in total. The molecule has 5 heteroatoms. The number of carbonyl (C=O) groups excluding carboxylic acids is 1. The molecule has 0 aromatic heterocycles. The maximum absolute atomic E-state index is 12.9. The fourth-order valence-corrected chi connectivity index (χ4v) is 4.29. The lowest BCUT2D eigenvalue weighted by atomic mass is 9.58. The van der Waals surface area contributed by atoms with Gasteiger partial charge in [0, 0.05) is 43.6 Å². The molecule has 3 rings (SSSR count). The molecule has 2 aliphatic rings. The van der Waals surface area contributed by atoms with Gasteiger partial charge in [0.25, 0.3) is 5.91 Å². The number of aliphatic hydroxyl groups excluding tert-OH is 1. The zero-order valence-electron chi connectivity index (χ0n) is 15.6. The van der Waals surface area contributed by atoms with Crippen LogP contribution in [0.4, 0.5) is 0 Å². The highest BCUT2D eigenvalue weighted by Gasteiger charge is 2.56. The van der Waals surface area contributed by atoms with E-state index in [1.165, 1.54) is 0 Å². The fourth-order valence-electron chi connectivity index (χ4n) is 4.29. The van der Waals surface area contributed by atoms with E-state index < -0.39 is 0 Å². The zero-order chi connectivity index (χ0) is 18.0. The lowest BCUT2D eigenvalue weighted by Gasteiger charge is -2.56. The third-order valence-electron chi connectivity index (χ3n) is 5.76. The van der Waals surface area contributed by atoms with Gasteiger partial charge in [-0.15, -0.1) is 0 Å². The van der Waals surface area contributed by atoms with Crippen molar-refractivity contribution in [3.05, 3.63) is 35.4 Å². The number of benzene rings is 1. The highest BCUT2D eigenvalue weighted by Crippen LogP contribution is 2.51. The van der Waals surface area contributed by atoms with E-state index in [9.17, 15) is 9.90 Å². The number of aliphatic hydroxyl groups is 1. The highest BCUT2D eigenvalue weighted by molar-refractivity contribution is 5.94. The predicted molar refractivity (Wildman–Crippen MR) is 97.4 cm³/mol. The van der Waals surface area contributed by atoms with Gasteiger partial charge in [-0.3, -0.25) is 4.79 Å². The molecule has 1 amide bonds. The van der Waals surface area contributed by atoms with E-state index in [1.54, 1.807) is 0 Å². The Kier molecular flexibility index (Phi) is 5.46. The lowest BCUT2D eigenvalue weighted by Crippen LogP contribution is -2.62. The number of hydrogen-bond acceptors (Lipinski definition) is 4. The van der Waals surface area contributed by atoms with Crippen LogP contribution in [-0.2, 0) is 11.3 Å². The minimum absolute atomic E-state index is 0.0947. The van der Waals surface area contributed by atoms with Crippen molar-refractivity contribution in [1.82, 2.24) is 9.80 Å². The Labute approximate surface area is 150 Å². The number of hydrogen-bond donors (Lipinski definition) is 1. The number of carbonyl (C=O) groups is 1. The highest BCUT2D eigenvalue weighted by atomic mass is 16.5. The topological polar surface area (TPSA) is 53.0 Å². The molecule has 2 atom stereocenters. The van der Waals surface area contributed by atoms with Crippen molar-refractivity contribution < 1.29 is 14.6 Å². The zero-order valence-corrected chi connectivity index (χ0v) is 15.6. The summed E-state index contributed by atoms with van der Waals surface area (Å²) in [6.07, 6.45) is 2.23. The second-order valence-electron chi connectivity index (χ2n) is 7.66. The van der Waals surface area contributed by atoms with Crippen molar-refractivity contribution in [3.63, 3.8) is 0 Å². The summed E-state index contributed by atoms with van der Waals surface area (Å²) in [5.41, 5.74) is 1.76. The van der Waals surface area contributed by atoms with Crippen molar-refractivity contribution in [2.24, 2.45) is 5.41 Å². The Balaban J connectivity index is 1.64. The molecule has 138 valence electrons. The summed E-state index contributed by atoms with van der Waals surface area (Å²) in [6.45, 7) is 4.89. The van der Waals surface area contributed by atoms with Crippen molar-refractivity contribution in [1.29, 1.82) is 0 Å². The average Bonchev–Trinajstić information content (AvgIpc) is 2.61. The van der Waals surface area contributed by atoms with Crippen molar-refractivity contribution >= 4 is 5.91 Å². The van der Waals surface area contributed by atoms with Crippen LogP contribution in [0.15, 0.2) is 24.3 Å². The third-order valence-corrected chi connectivity index (χ3v) is 5.76. The fraction of sp³-hybridized carbons (Fsp3) is 0.650. The Bertz CT molecular complexity index is 607. The van der Waals surface area contributed by atoms with Crippen molar-refractivity contribution in [2.75, 3.05) is 33.8 Å². The van der Waals surface area contributed by atoms with Crippen LogP contribution < -0.4 is 0 Å². The second-order valence-corrected chi connectivity index (χ2v) is 7.66. The first kappa shape index (κ1) is 18.4. The van der Waals surface area contributed by atoms with Gasteiger partial charge in [0.1, 0.15) is 0 Å². The Morgan fingerprint density at radius 1 is 1.36 bits per heavy atom. The van der Waals surface area contributed by atoms with Gasteiger partial charge in [-0.1, -0.05) is 12.1 Å². The predicted octanol–water partition coefficient (Wildman–Crippen LogP) is 2.14. The van der Waals surface area contributed by atoms with Gasteiger partial charge in [0.15, 0.2) is 0 Å². The van der Waals surface area contributed by atoms with E-state index in [-0.39, 0.29) is 23.5 Å². The van der Waals surface area contributed by atoms with Gasteiger partial charge in [0.2, 0.25) is 0 Å². The van der Waals surface area contributed by atoms with Gasteiger partial charge in [-0.25, -0.2) is 0 Å². The largest absolute Gasteiger partial charge is 0.392 e. The van der Waals surface area contributed by atoms with Gasteiger partial charge < -0.3 is 19.6 Å². The normalized spacial score (nSPS) is 25.2. The summed E-state index contributed by atoms with van der Waals surface area (Å²) in [6, 6.07) is 7.90. The summed E-state index contributed by atoms with van der Waals surface area (Å²) in [5.74, 6) is 0.0947. The Morgan fingerprint density at radius 3 is 2.68 bits per heavy atom. The number of amides is 1. The smallest absolute Gasteiger partial charge is 0.253 e. The van der Waals surface area contributed by atoms with E-state index in [0.29, 0.717) is 19.7 Å². The quantitative estimate of drug-likeness (QED) is 0.887. The van der Waals surface area contributed by atoms with Gasteiger partial charge in [0.05, 0.1) is 12.2 Å². The SMILES string of the molecule is CCOC1CC(O)C12CCN(C(=O)c1cccc(CN(C)C)c1)CC2. The molecule has 1 spiro atoms. The van der Waals surface area contributed by atoms with Crippen LogP contribution in [0.25, 0.3) is 0 Å². The molecule has 1 aliphatic carbocycles. The van der Waals surface area contributed by atoms with Crippen LogP contribution >= 0.6 is 0 Å². The second kappa shape index (κ2) is 7.44. The number of nitrogens with zero attached hydrogens (tertiary/aromatic N) is 2. The van der Waals surface area contributed by atoms with Gasteiger partial charge in [-0.05, 0) is 51.6 Å². The molecule has 1 aromatic rings. The third kappa shape index (κ3) is 3.59. The maximum Gasteiger partial charge on any atom is 0.253 e. The Hall–Kier alpha value is -1.43. The lowest BCUT2D eigenvalue weighted by molar-refractivity contribution is -0.207. The first-order valence-corrected chi connectivity index (χ1v) is 9.29. The minimum Gasteiger partial charge on any atom is -0.392 e. The average molecular weight is 346 g/mol. The molecule has 1 heterocycles. The van der Waals surface area contributed by atoms with E-state index in [0.717, 1.165) is 36.9 Å². The summed E-state index contributed by atoms with van der Waals surface area (Å²) in [4.78, 5) is 16.9. The summed E-state index contributed by atoms with van der Waals surface area (Å²) in [5, 5.41) is 10.3. The molecule has 0 radical (unpaired) electrons. The van der Waals surface area contributed by atoms with Crippen molar-refractivity contribution in [2.45, 2.75) is 44.9 Å². The number of likely N-dealkylation sites (tertiary alicyclic amines) is 1. The Morgan fingerprint density at radius 2 is 2.08 bits per heavy atom. The first-order valence-electron chi connectivity index (χ1n) is 9.29. The van der Waals surface area contributed by atoms with E-state index in [1.807, 2.05) is 44.1 Å². The summed E-state index contributed by atoms with van der Waals surface area (Å²) >= 11 is 0. The maximum atomic E-state index is 12.9. The summed E-state index contributed by atoms with van der Waals surface area (Å²) in [7, 11) is 4.05. The molecule has 1 aliphatic heterocycles. The van der Waals surface area contributed by atoms with Crippen LogP contribution in [0.1, 0.15) is 42.1 Å². The van der Waals surface area contributed by atoms with E-state index in [2.05, 4.69) is 11.0 Å². The van der Waals surface area contributed by atoms with Gasteiger partial charge >= 0.3 is 0 Å². The molecular formula is C20H30N2O3. The molecule has 2 unspecified atom stereocenters. The molecule has 1 saturated heterocycles. The monoisotopic (exact) mass is 346 g/mol. The molecule has 1 aromatic carbocycles. The standard InChI is InChI=1S/C20H30N2O3/c1-4-25-18-13-17(23)20(18)8-10-22(11-9-20)19(24)16-7-5-6-15(12-16)14-21(2)3/h5-7,12,17-18,23H,4,8-11,13-14H2,1-3H3. The molecule has 2 fully saturated rings. The first-order chi connectivity index (χ1) is 12.0. The van der Waals surface area contributed by atoms with Crippen LogP contribution in [-0.4, -0.2) is 66.8 Å². The van der Waals surface area contributed by atoms with E-state index in [4.69, 9.17) is 4.74 Å². The number of rotatable bonds is 5. The van der Waals surface area contributed by atoms with Gasteiger partial charge in [-0.2, -0.15) is 0 Å². The molecule has 5 nitrogen and oxygen atoms in total. The summed E-state index contributed by atoms with van der Waals surface area (Å²) < 4.78 is 5.81. The number of piperidine rings is 1. The van der Waals surface area contributed by atoms with Crippen LogP contribution in [0.2, 0.25) is 0 Å².